The van der Waals surface area contributed by atoms with Crippen LogP contribution in [0.15, 0.2) is 84.9 Å². The van der Waals surface area contributed by atoms with Gasteiger partial charge in [0.25, 0.3) is 0 Å². The van der Waals surface area contributed by atoms with E-state index in [0.717, 1.165) is 12.8 Å². The van der Waals surface area contributed by atoms with Crippen molar-refractivity contribution in [2.24, 2.45) is 0 Å². The van der Waals surface area contributed by atoms with Crippen LogP contribution in [0.3, 0.4) is 0 Å². The number of hydrogen-bond acceptors (Lipinski definition) is 0. The first-order valence-electron chi connectivity index (χ1n) is 11.0. The number of allylic oxidation sites excluding steroid dienone is 2. The summed E-state index contributed by atoms with van der Waals surface area (Å²) in [5.41, 5.74) is 6.27. The number of fused-ring (bicyclic) bond motifs is 4. The van der Waals surface area contributed by atoms with Crippen LogP contribution < -0.4 is 24.8 Å². The molecule has 0 heterocycles. The molecule has 0 amide bonds. The third-order valence-electron chi connectivity index (χ3n) is 6.73. The van der Waals surface area contributed by atoms with E-state index < -0.39 is 26.8 Å². The molecule has 0 aliphatic heterocycles. The van der Waals surface area contributed by atoms with Crippen LogP contribution >= 0.6 is 0 Å². The fourth-order valence-electron chi connectivity index (χ4n) is 5.34. The molecule has 0 nitrogen and oxygen atoms in total. The van der Waals surface area contributed by atoms with E-state index in [1.807, 2.05) is 0 Å². The van der Waals surface area contributed by atoms with Gasteiger partial charge in [-0.2, -0.15) is 0 Å². The maximum Gasteiger partial charge on any atom is -1.00 e. The summed E-state index contributed by atoms with van der Waals surface area (Å²) in [5, 5.41) is 5.55. The molecule has 0 saturated heterocycles. The molecule has 0 unspecified atom stereocenters. The summed E-state index contributed by atoms with van der Waals surface area (Å²) >= 11 is -1.92. The maximum atomic E-state index is 2.62. The third kappa shape index (κ3) is 3.90. The van der Waals surface area contributed by atoms with Crippen molar-refractivity contribution in [2.45, 2.75) is 25.9 Å². The zero-order valence-corrected chi connectivity index (χ0v) is 23.5. The molecule has 4 aromatic carbocycles. The average molecular weight is 552 g/mol. The number of hydrogen-bond donors (Lipinski definition) is 0. The second-order valence-electron chi connectivity index (χ2n) is 8.93. The van der Waals surface area contributed by atoms with E-state index in [-0.39, 0.29) is 24.8 Å². The Morgan fingerprint density at radius 2 is 0.969 bits per heavy atom. The fourth-order valence-corrected chi connectivity index (χ4v) is 23.9. The van der Waals surface area contributed by atoms with Crippen molar-refractivity contribution in [1.29, 1.82) is 0 Å². The average Bonchev–Trinajstić information content (AvgIpc) is 3.35. The summed E-state index contributed by atoms with van der Waals surface area (Å²) in [6, 6.07) is 27.6. The minimum Gasteiger partial charge on any atom is -1.00 e. The quantitative estimate of drug-likeness (QED) is 0.335. The molecule has 0 saturated carbocycles. The molecule has 159 valence electrons. The Labute approximate surface area is 211 Å². The number of rotatable bonds is 3. The van der Waals surface area contributed by atoms with Crippen molar-refractivity contribution in [3.05, 3.63) is 107 Å². The molecule has 0 fully saturated rings. The molecular weight excluding hydrogens is 527 g/mol. The van der Waals surface area contributed by atoms with E-state index in [2.05, 4.69) is 98.0 Å². The minimum absolute atomic E-state index is 0. The summed E-state index contributed by atoms with van der Waals surface area (Å²) < 4.78 is 3.57. The Morgan fingerprint density at radius 1 is 0.594 bits per heavy atom. The van der Waals surface area contributed by atoms with Crippen molar-refractivity contribution < 1.29 is 45.7 Å². The molecule has 2 aliphatic carbocycles. The van der Waals surface area contributed by atoms with Crippen LogP contribution in [0.5, 0.6) is 0 Å². The molecule has 0 bridgehead atoms. The van der Waals surface area contributed by atoms with Gasteiger partial charge < -0.3 is 24.8 Å². The Bertz CT molecular complexity index is 1280. The zero-order valence-electron chi connectivity index (χ0n) is 18.3. The van der Waals surface area contributed by atoms with Gasteiger partial charge in [0.2, 0.25) is 0 Å². The van der Waals surface area contributed by atoms with Gasteiger partial charge in [-0.25, -0.2) is 0 Å². The SMILES string of the molecule is C[SiH](C)[Zr+2]([C]1=CCc2cc3ccccc3cc21)[C]1=CCc2cc3ccccc3cc21.[Cl-].[Cl-]. The van der Waals surface area contributed by atoms with E-state index in [9.17, 15) is 0 Å². The zero-order chi connectivity index (χ0) is 20.2. The normalized spacial score (nSPS) is 13.8. The Morgan fingerprint density at radius 3 is 1.34 bits per heavy atom. The molecule has 0 N–H and O–H groups in total. The van der Waals surface area contributed by atoms with Gasteiger partial charge in [0.05, 0.1) is 0 Å². The molecular formula is C28H25Cl2SiZr. The molecule has 4 heteroatoms. The van der Waals surface area contributed by atoms with Gasteiger partial charge >= 0.3 is 188 Å². The molecule has 2 aliphatic rings. The number of benzene rings is 4. The minimum atomic E-state index is -1.92. The first-order valence-corrected chi connectivity index (χ1v) is 20.6. The predicted octanol–water partition coefficient (Wildman–Crippen LogP) is 1.10. The monoisotopic (exact) mass is 549 g/mol. The third-order valence-corrected chi connectivity index (χ3v) is 25.3. The van der Waals surface area contributed by atoms with E-state index in [1.54, 1.807) is 28.8 Å². The van der Waals surface area contributed by atoms with Gasteiger partial charge in [0, 0.05) is 0 Å². The topological polar surface area (TPSA) is 0 Å². The molecule has 32 heavy (non-hydrogen) atoms. The standard InChI is InChI=1S/2C13H9.C2H7Si.2ClH.Zr/c2*1-2-5-11-9-13-7-3-6-12(13)8-10(11)4-1;1-3-2;;;/h2*1-5,8-9H,6H2;3H,1-2H3;2*1H;/q;;;;;+2/p-2. The Balaban J connectivity index is 0.00000122. The fraction of sp³-hybridized carbons (Fsp3) is 0.143. The maximum absolute atomic E-state index is 2.62. The van der Waals surface area contributed by atoms with Gasteiger partial charge in [-0.05, 0) is 0 Å². The van der Waals surface area contributed by atoms with Crippen LogP contribution in [0, 0.1) is 0 Å². The van der Waals surface area contributed by atoms with Crippen molar-refractivity contribution in [3.8, 4) is 0 Å². The van der Waals surface area contributed by atoms with E-state index in [0.29, 0.717) is 0 Å². The van der Waals surface area contributed by atoms with E-state index in [1.165, 1.54) is 21.5 Å². The first kappa shape index (κ1) is 23.7. The Hall–Kier alpha value is -1.44. The van der Waals surface area contributed by atoms with Crippen LogP contribution in [0.4, 0.5) is 0 Å². The molecule has 0 atom stereocenters. The van der Waals surface area contributed by atoms with Crippen molar-refractivity contribution in [2.75, 3.05) is 0 Å². The molecule has 6 rings (SSSR count). The number of halogens is 2. The van der Waals surface area contributed by atoms with Gasteiger partial charge in [-0.15, -0.1) is 0 Å². The summed E-state index contributed by atoms with van der Waals surface area (Å²) in [7, 11) is 0. The summed E-state index contributed by atoms with van der Waals surface area (Å²) in [5.74, 6) is -0.774. The van der Waals surface area contributed by atoms with Gasteiger partial charge in [0.1, 0.15) is 0 Å². The Kier molecular flexibility index (Phi) is 6.99. The van der Waals surface area contributed by atoms with Crippen molar-refractivity contribution in [3.63, 3.8) is 0 Å². The predicted molar refractivity (Wildman–Crippen MR) is 130 cm³/mol. The van der Waals surface area contributed by atoms with Gasteiger partial charge in [-0.1, -0.05) is 0 Å². The van der Waals surface area contributed by atoms with Crippen molar-refractivity contribution in [1.82, 2.24) is 0 Å². The van der Waals surface area contributed by atoms with Gasteiger partial charge in [-0.3, -0.25) is 0 Å². The summed E-state index contributed by atoms with van der Waals surface area (Å²) in [6.45, 7) is 5.21. The van der Waals surface area contributed by atoms with Crippen LogP contribution in [0.2, 0.25) is 13.1 Å². The first-order chi connectivity index (χ1) is 14.7. The largest absolute Gasteiger partial charge is 1.00 e. The smallest absolute Gasteiger partial charge is 1.00 e. The molecule has 0 radical (unpaired) electrons. The van der Waals surface area contributed by atoms with Crippen LogP contribution in [0.25, 0.3) is 28.1 Å². The summed E-state index contributed by atoms with van der Waals surface area (Å²) in [6.07, 6.45) is 7.48. The molecule has 0 spiro atoms. The van der Waals surface area contributed by atoms with E-state index >= 15 is 0 Å². The summed E-state index contributed by atoms with van der Waals surface area (Å²) in [4.78, 5) is 0. The van der Waals surface area contributed by atoms with Crippen LogP contribution in [0.1, 0.15) is 22.3 Å². The van der Waals surface area contributed by atoms with Crippen molar-refractivity contribution >= 4 is 34.0 Å². The van der Waals surface area contributed by atoms with Gasteiger partial charge in [0.15, 0.2) is 0 Å². The van der Waals surface area contributed by atoms with Crippen LogP contribution in [-0.2, 0) is 33.8 Å². The van der Waals surface area contributed by atoms with E-state index in [4.69, 9.17) is 0 Å². The second-order valence-corrected chi connectivity index (χ2v) is 27.8. The molecule has 4 aromatic rings. The van der Waals surface area contributed by atoms with Crippen LogP contribution in [-0.4, -0.2) is 5.92 Å². The molecule has 0 aromatic heterocycles. The second kappa shape index (κ2) is 9.43.